The lowest BCUT2D eigenvalue weighted by atomic mass is 9.90. The molecular formula is C14H26BrN5O. The van der Waals surface area contributed by atoms with Crippen molar-refractivity contribution in [2.75, 3.05) is 26.8 Å². The van der Waals surface area contributed by atoms with Gasteiger partial charge in [0.15, 0.2) is 0 Å². The molecule has 3 N–H and O–H groups in total. The fourth-order valence-electron chi connectivity index (χ4n) is 3.11. The summed E-state index contributed by atoms with van der Waals surface area (Å²) in [5.41, 5.74) is 4.00. The average Bonchev–Trinajstić information content (AvgIpc) is 3.09. The summed E-state index contributed by atoms with van der Waals surface area (Å²) in [5.74, 6) is 5.91. The highest BCUT2D eigenvalue weighted by molar-refractivity contribution is 9.10. The molecule has 0 saturated carbocycles. The number of nitrogens with one attached hydrogen (secondary N) is 1. The van der Waals surface area contributed by atoms with Gasteiger partial charge in [-0.25, -0.2) is 5.43 Å². The maximum absolute atomic E-state index is 5.91. The molecule has 6 nitrogen and oxygen atoms in total. The van der Waals surface area contributed by atoms with Crippen LogP contribution in [0.4, 0.5) is 0 Å². The normalized spacial score (nSPS) is 18.3. The Morgan fingerprint density at radius 1 is 1.48 bits per heavy atom. The summed E-state index contributed by atoms with van der Waals surface area (Å²) < 4.78 is 8.12. The Hall–Kier alpha value is -0.470. The third kappa shape index (κ3) is 3.48. The number of nitrogens with zero attached hydrogens (tertiary/aromatic N) is 3. The van der Waals surface area contributed by atoms with Gasteiger partial charge in [0.25, 0.3) is 0 Å². The molecule has 21 heavy (non-hydrogen) atoms. The first-order valence-corrected chi connectivity index (χ1v) is 8.23. The van der Waals surface area contributed by atoms with Gasteiger partial charge in [-0.1, -0.05) is 0 Å². The zero-order chi connectivity index (χ0) is 15.5. The standard InChI is InChI=1S/C14H26BrN5O/c1-14(2,19-6-4-5-7-19)13(18-16)12-11(15)10-17-20(12)8-9-21-3/h10,13,18H,4-9,16H2,1-3H3. The van der Waals surface area contributed by atoms with Gasteiger partial charge in [-0.2, -0.15) is 5.10 Å². The van der Waals surface area contributed by atoms with Crippen molar-refractivity contribution in [3.05, 3.63) is 16.4 Å². The maximum atomic E-state index is 5.91. The summed E-state index contributed by atoms with van der Waals surface area (Å²) in [6, 6.07) is -0.00988. The van der Waals surface area contributed by atoms with E-state index in [0.29, 0.717) is 13.2 Å². The highest BCUT2D eigenvalue weighted by Gasteiger charge is 2.39. The topological polar surface area (TPSA) is 68.3 Å². The Morgan fingerprint density at radius 3 is 2.71 bits per heavy atom. The number of ether oxygens (including phenoxy) is 1. The number of likely N-dealkylation sites (tertiary alicyclic amines) is 1. The molecule has 120 valence electrons. The first kappa shape index (κ1) is 16.9. The van der Waals surface area contributed by atoms with E-state index in [-0.39, 0.29) is 11.6 Å². The van der Waals surface area contributed by atoms with Crippen LogP contribution in [0.3, 0.4) is 0 Å². The first-order valence-electron chi connectivity index (χ1n) is 7.43. The van der Waals surface area contributed by atoms with E-state index in [1.807, 2.05) is 10.9 Å². The van der Waals surface area contributed by atoms with Gasteiger partial charge in [-0.15, -0.1) is 0 Å². The van der Waals surface area contributed by atoms with Crippen LogP contribution >= 0.6 is 15.9 Å². The number of hydrogen-bond acceptors (Lipinski definition) is 5. The molecule has 1 aliphatic rings. The summed E-state index contributed by atoms with van der Waals surface area (Å²) >= 11 is 3.61. The lowest BCUT2D eigenvalue weighted by Gasteiger charge is -2.42. The highest BCUT2D eigenvalue weighted by Crippen LogP contribution is 2.36. The molecule has 1 saturated heterocycles. The second-order valence-corrected chi connectivity index (χ2v) is 6.90. The fraction of sp³-hybridized carbons (Fsp3) is 0.786. The van der Waals surface area contributed by atoms with Gasteiger partial charge in [-0.3, -0.25) is 15.4 Å². The van der Waals surface area contributed by atoms with Crippen LogP contribution in [0.25, 0.3) is 0 Å². The molecule has 1 atom stereocenters. The monoisotopic (exact) mass is 359 g/mol. The second kappa shape index (κ2) is 7.19. The SMILES string of the molecule is COCCn1ncc(Br)c1C(NN)C(C)(C)N1CCCC1. The molecule has 2 heterocycles. The van der Waals surface area contributed by atoms with Crippen LogP contribution in [0.2, 0.25) is 0 Å². The third-order valence-electron chi connectivity index (χ3n) is 4.41. The van der Waals surface area contributed by atoms with Gasteiger partial charge in [0.05, 0.1) is 35.6 Å². The van der Waals surface area contributed by atoms with Gasteiger partial charge in [-0.05, 0) is 55.7 Å². The summed E-state index contributed by atoms with van der Waals surface area (Å²) in [6.07, 6.45) is 4.34. The Morgan fingerprint density at radius 2 is 2.14 bits per heavy atom. The summed E-state index contributed by atoms with van der Waals surface area (Å²) in [4.78, 5) is 2.50. The van der Waals surface area contributed by atoms with Gasteiger partial charge in [0, 0.05) is 12.6 Å². The summed E-state index contributed by atoms with van der Waals surface area (Å²) in [6.45, 7) is 8.06. The fourth-order valence-corrected chi connectivity index (χ4v) is 3.63. The lowest BCUT2D eigenvalue weighted by molar-refractivity contribution is 0.100. The predicted molar refractivity (Wildman–Crippen MR) is 86.8 cm³/mol. The van der Waals surface area contributed by atoms with Crippen molar-refractivity contribution in [2.45, 2.75) is 44.8 Å². The summed E-state index contributed by atoms with van der Waals surface area (Å²) in [7, 11) is 1.70. The average molecular weight is 360 g/mol. The van der Waals surface area contributed by atoms with Crippen LogP contribution in [0.5, 0.6) is 0 Å². The number of methoxy groups -OCH3 is 1. The molecule has 0 bridgehead atoms. The Bertz CT molecular complexity index is 456. The zero-order valence-corrected chi connectivity index (χ0v) is 14.7. The molecule has 0 radical (unpaired) electrons. The van der Waals surface area contributed by atoms with E-state index in [1.165, 1.54) is 12.8 Å². The van der Waals surface area contributed by atoms with E-state index in [1.54, 1.807) is 7.11 Å². The molecule has 1 aromatic heterocycles. The molecule has 1 aromatic rings. The van der Waals surface area contributed by atoms with Crippen molar-refractivity contribution >= 4 is 15.9 Å². The predicted octanol–water partition coefficient (Wildman–Crippen LogP) is 1.67. The minimum Gasteiger partial charge on any atom is -0.383 e. The van der Waals surface area contributed by atoms with Crippen LogP contribution in [-0.2, 0) is 11.3 Å². The molecule has 0 aromatic carbocycles. The molecule has 0 aliphatic carbocycles. The Kier molecular flexibility index (Phi) is 5.79. The quantitative estimate of drug-likeness (QED) is 0.572. The van der Waals surface area contributed by atoms with Crippen molar-refractivity contribution in [1.29, 1.82) is 0 Å². The van der Waals surface area contributed by atoms with Gasteiger partial charge < -0.3 is 4.74 Å². The van der Waals surface area contributed by atoms with E-state index in [9.17, 15) is 0 Å². The summed E-state index contributed by atoms with van der Waals surface area (Å²) in [5, 5.41) is 4.44. The molecule has 1 aliphatic heterocycles. The van der Waals surface area contributed by atoms with Crippen LogP contribution in [0.1, 0.15) is 38.4 Å². The van der Waals surface area contributed by atoms with Gasteiger partial charge in [0.1, 0.15) is 0 Å². The molecule has 1 fully saturated rings. The number of hydrazine groups is 1. The molecule has 7 heteroatoms. The lowest BCUT2D eigenvalue weighted by Crippen LogP contribution is -2.53. The number of nitrogens with two attached hydrogens (primary N) is 1. The number of hydrogen-bond donors (Lipinski definition) is 2. The molecular weight excluding hydrogens is 334 g/mol. The number of aromatic nitrogens is 2. The first-order chi connectivity index (χ1) is 10.0. The van der Waals surface area contributed by atoms with Crippen LogP contribution in [0.15, 0.2) is 10.7 Å². The van der Waals surface area contributed by atoms with E-state index < -0.39 is 0 Å². The molecule has 1 unspecified atom stereocenters. The van der Waals surface area contributed by atoms with E-state index in [0.717, 1.165) is 23.3 Å². The van der Waals surface area contributed by atoms with E-state index >= 15 is 0 Å². The van der Waals surface area contributed by atoms with Gasteiger partial charge >= 0.3 is 0 Å². The highest BCUT2D eigenvalue weighted by atomic mass is 79.9. The van der Waals surface area contributed by atoms with Crippen molar-refractivity contribution in [3.63, 3.8) is 0 Å². The van der Waals surface area contributed by atoms with Crippen molar-refractivity contribution < 1.29 is 4.74 Å². The number of halogens is 1. The van der Waals surface area contributed by atoms with Crippen molar-refractivity contribution in [3.8, 4) is 0 Å². The second-order valence-electron chi connectivity index (χ2n) is 6.04. The van der Waals surface area contributed by atoms with Crippen LogP contribution in [0, 0.1) is 0 Å². The number of rotatable bonds is 7. The molecule has 0 spiro atoms. The van der Waals surface area contributed by atoms with Gasteiger partial charge in [0.2, 0.25) is 0 Å². The zero-order valence-electron chi connectivity index (χ0n) is 13.1. The van der Waals surface area contributed by atoms with Crippen molar-refractivity contribution in [1.82, 2.24) is 20.1 Å². The third-order valence-corrected chi connectivity index (χ3v) is 5.02. The molecule has 2 rings (SSSR count). The van der Waals surface area contributed by atoms with Crippen molar-refractivity contribution in [2.24, 2.45) is 5.84 Å². The maximum Gasteiger partial charge on any atom is 0.0818 e. The largest absolute Gasteiger partial charge is 0.383 e. The smallest absolute Gasteiger partial charge is 0.0818 e. The van der Waals surface area contributed by atoms with E-state index in [2.05, 4.69) is 45.2 Å². The Labute approximate surface area is 135 Å². The van der Waals surface area contributed by atoms with Crippen LogP contribution in [-0.4, -0.2) is 47.0 Å². The van der Waals surface area contributed by atoms with Crippen LogP contribution < -0.4 is 11.3 Å². The Balaban J connectivity index is 2.29. The molecule has 0 amide bonds. The minimum absolute atomic E-state index is 0.00988. The van der Waals surface area contributed by atoms with E-state index in [4.69, 9.17) is 10.6 Å². The minimum atomic E-state index is -0.0847.